The van der Waals surface area contributed by atoms with Gasteiger partial charge in [-0.05, 0) is 36.1 Å². The zero-order valence-electron chi connectivity index (χ0n) is 18.0. The summed E-state index contributed by atoms with van der Waals surface area (Å²) in [5, 5.41) is 26.1. The lowest BCUT2D eigenvalue weighted by atomic mass is 10.0. The molecule has 3 N–H and O–H groups in total. The maximum absolute atomic E-state index is 11.6. The largest absolute Gasteiger partial charge is 0.465 e. The summed E-state index contributed by atoms with van der Waals surface area (Å²) in [6.45, 7) is 2.42. The van der Waals surface area contributed by atoms with Gasteiger partial charge in [0.25, 0.3) is 0 Å². The van der Waals surface area contributed by atoms with Gasteiger partial charge in [0.05, 0.1) is 4.92 Å². The average molecular weight is 447 g/mol. The van der Waals surface area contributed by atoms with Crippen LogP contribution in [-0.2, 0) is 6.54 Å². The van der Waals surface area contributed by atoms with Crippen molar-refractivity contribution < 1.29 is 14.8 Å². The van der Waals surface area contributed by atoms with Gasteiger partial charge in [-0.15, -0.1) is 0 Å². The molecule has 0 radical (unpaired) electrons. The normalized spacial score (nSPS) is 14.5. The summed E-state index contributed by atoms with van der Waals surface area (Å²) >= 11 is 0. The Morgan fingerprint density at radius 1 is 1.09 bits per heavy atom. The van der Waals surface area contributed by atoms with E-state index in [-0.39, 0.29) is 17.5 Å². The first kappa shape index (κ1) is 22.2. The number of nitrogens with one attached hydrogen (secondary N) is 2. The van der Waals surface area contributed by atoms with Gasteiger partial charge >= 0.3 is 11.8 Å². The van der Waals surface area contributed by atoms with Gasteiger partial charge < -0.3 is 15.7 Å². The van der Waals surface area contributed by atoms with Crippen LogP contribution in [0.1, 0.15) is 18.4 Å². The second kappa shape index (κ2) is 10.1. The number of carboxylic acid groups (broad SMARTS) is 1. The number of carbonyl (C=O) groups is 1. The molecule has 9 heteroatoms. The molecule has 33 heavy (non-hydrogen) atoms. The monoisotopic (exact) mass is 447 g/mol. The third kappa shape index (κ3) is 5.83. The van der Waals surface area contributed by atoms with Crippen molar-refractivity contribution in [3.05, 3.63) is 82.5 Å². The van der Waals surface area contributed by atoms with Gasteiger partial charge in [-0.2, -0.15) is 0 Å². The van der Waals surface area contributed by atoms with E-state index in [4.69, 9.17) is 5.11 Å². The van der Waals surface area contributed by atoms with E-state index in [0.29, 0.717) is 11.3 Å². The summed E-state index contributed by atoms with van der Waals surface area (Å²) in [7, 11) is 0. The summed E-state index contributed by atoms with van der Waals surface area (Å²) in [5.74, 6) is 0.195. The Hall–Kier alpha value is -3.98. The minimum Gasteiger partial charge on any atom is -0.465 e. The molecule has 2 aromatic carbocycles. The van der Waals surface area contributed by atoms with Crippen LogP contribution in [-0.4, -0.2) is 45.1 Å². The van der Waals surface area contributed by atoms with Crippen molar-refractivity contribution in [1.29, 1.82) is 0 Å². The van der Waals surface area contributed by atoms with Crippen LogP contribution < -0.4 is 10.6 Å². The number of aromatic nitrogens is 1. The van der Waals surface area contributed by atoms with Crippen LogP contribution in [0.25, 0.3) is 11.1 Å². The minimum absolute atomic E-state index is 0.0156. The summed E-state index contributed by atoms with van der Waals surface area (Å²) in [6, 6.07) is 18.7. The number of pyridine rings is 1. The maximum atomic E-state index is 11.6. The molecule has 0 bridgehead atoms. The molecular formula is C24H25N5O4. The Morgan fingerprint density at radius 2 is 1.79 bits per heavy atom. The van der Waals surface area contributed by atoms with Crippen molar-refractivity contribution in [3.8, 4) is 11.1 Å². The highest BCUT2D eigenvalue weighted by Crippen LogP contribution is 2.30. The molecule has 4 rings (SSSR count). The van der Waals surface area contributed by atoms with Crippen molar-refractivity contribution in [2.45, 2.75) is 25.4 Å². The van der Waals surface area contributed by atoms with Gasteiger partial charge in [-0.3, -0.25) is 15.0 Å². The quantitative estimate of drug-likeness (QED) is 0.357. The molecular weight excluding hydrogens is 422 g/mol. The fraction of sp³-hybridized carbons (Fsp3) is 0.250. The molecule has 1 amide bonds. The highest BCUT2D eigenvalue weighted by Gasteiger charge is 2.21. The van der Waals surface area contributed by atoms with Crippen LogP contribution in [0, 0.1) is 10.1 Å². The van der Waals surface area contributed by atoms with E-state index < -0.39 is 11.0 Å². The lowest BCUT2D eigenvalue weighted by molar-refractivity contribution is -0.384. The van der Waals surface area contributed by atoms with Gasteiger partial charge in [-0.25, -0.2) is 9.78 Å². The number of rotatable bonds is 7. The molecule has 1 fully saturated rings. The predicted octanol–water partition coefficient (Wildman–Crippen LogP) is 4.63. The number of nitrogens with zero attached hydrogens (tertiary/aromatic N) is 3. The molecule has 1 aliphatic heterocycles. The van der Waals surface area contributed by atoms with Gasteiger partial charge in [0.2, 0.25) is 5.82 Å². The van der Waals surface area contributed by atoms with Crippen molar-refractivity contribution >= 4 is 23.3 Å². The fourth-order valence-electron chi connectivity index (χ4n) is 3.98. The number of piperidine rings is 1. The minimum atomic E-state index is -0.971. The number of hydrogen-bond acceptors (Lipinski definition) is 6. The first-order valence-corrected chi connectivity index (χ1v) is 10.8. The van der Waals surface area contributed by atoms with Crippen molar-refractivity contribution in [1.82, 2.24) is 15.2 Å². The standard InChI is InChI=1S/C24H25N5O4/c30-24(31)27-21-10-12-28(13-11-21)16-17-6-8-20(9-7-17)26-23-22(29(32)33)14-19(15-25-23)18-4-2-1-3-5-18/h1-9,14-15,21,27H,10-13,16H2,(H,25,26)(H,30,31). The highest BCUT2D eigenvalue weighted by molar-refractivity contribution is 5.72. The molecule has 0 unspecified atom stereocenters. The van der Waals surface area contributed by atoms with Crippen LogP contribution >= 0.6 is 0 Å². The van der Waals surface area contributed by atoms with Crippen LogP contribution in [0.5, 0.6) is 0 Å². The summed E-state index contributed by atoms with van der Waals surface area (Å²) in [6.07, 6.45) is 2.24. The number of nitro groups is 1. The van der Waals surface area contributed by atoms with Crippen molar-refractivity contribution in [2.24, 2.45) is 0 Å². The van der Waals surface area contributed by atoms with E-state index in [9.17, 15) is 14.9 Å². The van der Waals surface area contributed by atoms with E-state index >= 15 is 0 Å². The zero-order chi connectivity index (χ0) is 23.2. The van der Waals surface area contributed by atoms with Crippen LogP contribution in [0.3, 0.4) is 0 Å². The topological polar surface area (TPSA) is 121 Å². The Bertz CT molecular complexity index is 1110. The number of anilines is 2. The van der Waals surface area contributed by atoms with E-state index in [1.54, 1.807) is 6.20 Å². The lowest BCUT2D eigenvalue weighted by Crippen LogP contribution is -2.43. The van der Waals surface area contributed by atoms with Gasteiger partial charge in [0.1, 0.15) is 0 Å². The van der Waals surface area contributed by atoms with E-state index in [1.165, 1.54) is 6.07 Å². The third-order valence-corrected chi connectivity index (χ3v) is 5.71. The number of benzene rings is 2. The summed E-state index contributed by atoms with van der Waals surface area (Å²) < 4.78 is 0. The molecule has 3 aromatic rings. The van der Waals surface area contributed by atoms with Crippen LogP contribution in [0.15, 0.2) is 66.9 Å². The molecule has 0 saturated carbocycles. The molecule has 2 heterocycles. The Labute approximate surface area is 191 Å². The maximum Gasteiger partial charge on any atom is 0.404 e. The summed E-state index contributed by atoms with van der Waals surface area (Å²) in [4.78, 5) is 28.6. The molecule has 0 atom stereocenters. The Balaban J connectivity index is 1.40. The zero-order valence-corrected chi connectivity index (χ0v) is 18.0. The number of likely N-dealkylation sites (tertiary alicyclic amines) is 1. The van der Waals surface area contributed by atoms with Crippen molar-refractivity contribution in [2.75, 3.05) is 18.4 Å². The first-order chi connectivity index (χ1) is 16.0. The molecule has 170 valence electrons. The van der Waals surface area contributed by atoms with Gasteiger partial charge in [0.15, 0.2) is 0 Å². The van der Waals surface area contributed by atoms with Gasteiger partial charge in [0, 0.05) is 49.2 Å². The summed E-state index contributed by atoms with van der Waals surface area (Å²) in [5.41, 5.74) is 3.30. The van der Waals surface area contributed by atoms with Crippen molar-refractivity contribution in [3.63, 3.8) is 0 Å². The predicted molar refractivity (Wildman–Crippen MR) is 126 cm³/mol. The van der Waals surface area contributed by atoms with E-state index in [0.717, 1.165) is 43.6 Å². The van der Waals surface area contributed by atoms with E-state index in [1.807, 2.05) is 54.6 Å². The molecule has 0 aliphatic carbocycles. The second-order valence-electron chi connectivity index (χ2n) is 8.04. The molecule has 1 aromatic heterocycles. The average Bonchev–Trinajstić information content (AvgIpc) is 2.82. The number of amides is 1. The SMILES string of the molecule is O=C(O)NC1CCN(Cc2ccc(Nc3ncc(-c4ccccc4)cc3[N+](=O)[O-])cc2)CC1. The first-order valence-electron chi connectivity index (χ1n) is 10.8. The fourth-order valence-corrected chi connectivity index (χ4v) is 3.98. The Morgan fingerprint density at radius 3 is 2.42 bits per heavy atom. The molecule has 9 nitrogen and oxygen atoms in total. The van der Waals surface area contributed by atoms with Crippen LogP contribution in [0.4, 0.5) is 22.0 Å². The Kier molecular flexibility index (Phi) is 6.80. The van der Waals surface area contributed by atoms with E-state index in [2.05, 4.69) is 20.5 Å². The molecule has 0 spiro atoms. The van der Waals surface area contributed by atoms with Crippen LogP contribution in [0.2, 0.25) is 0 Å². The smallest absolute Gasteiger partial charge is 0.404 e. The molecule has 1 aliphatic rings. The van der Waals surface area contributed by atoms with Gasteiger partial charge in [-0.1, -0.05) is 42.5 Å². The molecule has 1 saturated heterocycles. The number of hydrogen-bond donors (Lipinski definition) is 3. The lowest BCUT2D eigenvalue weighted by Gasteiger charge is -2.31. The second-order valence-corrected chi connectivity index (χ2v) is 8.04. The third-order valence-electron chi connectivity index (χ3n) is 5.71. The highest BCUT2D eigenvalue weighted by atomic mass is 16.6.